The Balaban J connectivity index is 2.47. The van der Waals surface area contributed by atoms with Crippen LogP contribution in [-0.2, 0) is 6.54 Å². The zero-order valence-electron chi connectivity index (χ0n) is 11.4. The average Bonchev–Trinajstić information content (AvgIpc) is 2.87. The molecule has 0 bridgehead atoms. The number of nitrogen functional groups attached to an aromatic ring is 2. The van der Waals surface area contributed by atoms with Crippen molar-refractivity contribution < 1.29 is 4.39 Å². The van der Waals surface area contributed by atoms with Gasteiger partial charge in [-0.05, 0) is 31.4 Å². The van der Waals surface area contributed by atoms with Gasteiger partial charge in [0.05, 0.1) is 23.6 Å². The summed E-state index contributed by atoms with van der Waals surface area (Å²) in [5.74, 6) is -0.561. The largest absolute Gasteiger partial charge is 0.397 e. The Morgan fingerprint density at radius 1 is 1.35 bits per heavy atom. The third kappa shape index (κ3) is 2.83. The molecule has 1 heterocycles. The van der Waals surface area contributed by atoms with Crippen LogP contribution in [0.2, 0.25) is 5.02 Å². The molecule has 0 aliphatic carbocycles. The maximum absolute atomic E-state index is 14.4. The highest BCUT2D eigenvalue weighted by atomic mass is 35.5. The van der Waals surface area contributed by atoms with E-state index >= 15 is 0 Å². The molecule has 0 unspecified atom stereocenters. The summed E-state index contributed by atoms with van der Waals surface area (Å²) in [6, 6.07) is 5.56. The molecule has 6 heteroatoms. The van der Waals surface area contributed by atoms with E-state index in [1.54, 1.807) is 11.3 Å². The quantitative estimate of drug-likeness (QED) is 0.835. The van der Waals surface area contributed by atoms with Crippen LogP contribution in [0.25, 0.3) is 0 Å². The molecule has 20 heavy (non-hydrogen) atoms. The fraction of sp³-hybridized carbons (Fsp3) is 0.286. The fourth-order valence-corrected chi connectivity index (χ4v) is 2.89. The lowest BCUT2D eigenvalue weighted by molar-refractivity contribution is 0.602. The minimum Gasteiger partial charge on any atom is -0.397 e. The third-order valence-electron chi connectivity index (χ3n) is 3.06. The van der Waals surface area contributed by atoms with Gasteiger partial charge >= 0.3 is 0 Å². The highest BCUT2D eigenvalue weighted by molar-refractivity contribution is 7.09. The molecule has 1 aromatic heterocycles. The van der Waals surface area contributed by atoms with E-state index in [1.807, 2.05) is 36.3 Å². The third-order valence-corrected chi connectivity index (χ3v) is 4.30. The number of anilines is 3. The SMILES string of the molecule is CC(C)N(Cc1cccs1)c1c(N)cc(N)c(Cl)c1F. The van der Waals surface area contributed by atoms with E-state index < -0.39 is 5.82 Å². The first-order valence-electron chi connectivity index (χ1n) is 6.23. The minimum atomic E-state index is -0.561. The number of hydrogen-bond donors (Lipinski definition) is 2. The Bertz CT molecular complexity index is 599. The lowest BCUT2D eigenvalue weighted by atomic mass is 10.1. The van der Waals surface area contributed by atoms with E-state index in [-0.39, 0.29) is 16.8 Å². The Kier molecular flexibility index (Phi) is 4.40. The lowest BCUT2D eigenvalue weighted by Gasteiger charge is -2.30. The monoisotopic (exact) mass is 313 g/mol. The number of benzene rings is 1. The van der Waals surface area contributed by atoms with Crippen LogP contribution in [0.15, 0.2) is 23.6 Å². The van der Waals surface area contributed by atoms with E-state index in [0.29, 0.717) is 17.9 Å². The second kappa shape index (κ2) is 5.89. The molecule has 0 saturated heterocycles. The Morgan fingerprint density at radius 3 is 2.60 bits per heavy atom. The first-order valence-corrected chi connectivity index (χ1v) is 7.49. The van der Waals surface area contributed by atoms with E-state index in [0.717, 1.165) is 4.88 Å². The molecule has 0 atom stereocenters. The van der Waals surface area contributed by atoms with Crippen molar-refractivity contribution in [2.75, 3.05) is 16.4 Å². The lowest BCUT2D eigenvalue weighted by Crippen LogP contribution is -2.31. The van der Waals surface area contributed by atoms with Crippen LogP contribution in [-0.4, -0.2) is 6.04 Å². The molecule has 0 radical (unpaired) electrons. The molecule has 4 N–H and O–H groups in total. The van der Waals surface area contributed by atoms with Crippen LogP contribution in [0.1, 0.15) is 18.7 Å². The standard InChI is InChI=1S/C14H17ClFN3S/c1-8(2)19(7-9-4-3-5-20-9)14-11(18)6-10(17)12(15)13(14)16/h3-6,8H,7,17-18H2,1-2H3. The van der Waals surface area contributed by atoms with Crippen LogP contribution in [0.5, 0.6) is 0 Å². The van der Waals surface area contributed by atoms with Gasteiger partial charge in [-0.3, -0.25) is 0 Å². The molecule has 2 rings (SSSR count). The number of nitrogens with two attached hydrogens (primary N) is 2. The van der Waals surface area contributed by atoms with Crippen molar-refractivity contribution in [3.63, 3.8) is 0 Å². The number of halogens is 2. The van der Waals surface area contributed by atoms with E-state index in [1.165, 1.54) is 6.07 Å². The summed E-state index contributed by atoms with van der Waals surface area (Å²) in [5, 5.41) is 1.91. The van der Waals surface area contributed by atoms with Gasteiger partial charge in [-0.15, -0.1) is 11.3 Å². The molecule has 1 aromatic carbocycles. The number of nitrogens with zero attached hydrogens (tertiary/aromatic N) is 1. The smallest absolute Gasteiger partial charge is 0.169 e. The van der Waals surface area contributed by atoms with Crippen LogP contribution in [0.3, 0.4) is 0 Å². The van der Waals surface area contributed by atoms with Crippen molar-refractivity contribution in [1.82, 2.24) is 0 Å². The summed E-state index contributed by atoms with van der Waals surface area (Å²) in [6.45, 7) is 4.55. The van der Waals surface area contributed by atoms with Gasteiger partial charge in [0.1, 0.15) is 5.02 Å². The van der Waals surface area contributed by atoms with E-state index in [4.69, 9.17) is 23.1 Å². The number of thiophene rings is 1. The molecular formula is C14H17ClFN3S. The second-order valence-electron chi connectivity index (χ2n) is 4.83. The minimum absolute atomic E-state index is 0.0774. The summed E-state index contributed by atoms with van der Waals surface area (Å²) in [7, 11) is 0. The van der Waals surface area contributed by atoms with Gasteiger partial charge < -0.3 is 16.4 Å². The van der Waals surface area contributed by atoms with Gasteiger partial charge in [-0.1, -0.05) is 17.7 Å². The zero-order chi connectivity index (χ0) is 14.9. The predicted molar refractivity (Wildman–Crippen MR) is 85.9 cm³/mol. The topological polar surface area (TPSA) is 55.3 Å². The molecule has 3 nitrogen and oxygen atoms in total. The second-order valence-corrected chi connectivity index (χ2v) is 6.24. The van der Waals surface area contributed by atoms with Gasteiger partial charge in [0, 0.05) is 10.9 Å². The molecular weight excluding hydrogens is 297 g/mol. The Hall–Kier alpha value is -1.46. The Labute approximate surface area is 126 Å². The molecule has 0 aliphatic heterocycles. The molecule has 0 amide bonds. The van der Waals surface area contributed by atoms with E-state index in [2.05, 4.69) is 0 Å². The molecule has 0 fully saturated rings. The van der Waals surface area contributed by atoms with Crippen LogP contribution >= 0.6 is 22.9 Å². The van der Waals surface area contributed by atoms with Crippen molar-refractivity contribution in [2.45, 2.75) is 26.4 Å². The van der Waals surface area contributed by atoms with Crippen LogP contribution in [0, 0.1) is 5.82 Å². The highest BCUT2D eigenvalue weighted by Gasteiger charge is 2.22. The average molecular weight is 314 g/mol. The first-order chi connectivity index (χ1) is 9.41. The van der Waals surface area contributed by atoms with Gasteiger partial charge in [-0.25, -0.2) is 4.39 Å². The van der Waals surface area contributed by atoms with Crippen molar-refractivity contribution in [3.8, 4) is 0 Å². The van der Waals surface area contributed by atoms with Gasteiger partial charge in [0.2, 0.25) is 0 Å². The van der Waals surface area contributed by atoms with Crippen molar-refractivity contribution in [1.29, 1.82) is 0 Å². The van der Waals surface area contributed by atoms with Crippen LogP contribution in [0.4, 0.5) is 21.5 Å². The first kappa shape index (κ1) is 14.9. The zero-order valence-corrected chi connectivity index (χ0v) is 12.9. The summed E-state index contributed by atoms with van der Waals surface area (Å²) in [5.41, 5.74) is 12.3. The van der Waals surface area contributed by atoms with Gasteiger partial charge in [0.15, 0.2) is 5.82 Å². The summed E-state index contributed by atoms with van der Waals surface area (Å²) in [6.07, 6.45) is 0. The summed E-state index contributed by atoms with van der Waals surface area (Å²) in [4.78, 5) is 3.02. The number of hydrogen-bond acceptors (Lipinski definition) is 4. The van der Waals surface area contributed by atoms with E-state index in [9.17, 15) is 4.39 Å². The predicted octanol–water partition coefficient (Wildman–Crippen LogP) is 4.12. The van der Waals surface area contributed by atoms with Crippen molar-refractivity contribution in [3.05, 3.63) is 39.3 Å². The molecule has 2 aromatic rings. The molecule has 0 aliphatic rings. The maximum atomic E-state index is 14.4. The van der Waals surface area contributed by atoms with Crippen LogP contribution < -0.4 is 16.4 Å². The van der Waals surface area contributed by atoms with Crippen molar-refractivity contribution >= 4 is 40.0 Å². The molecule has 0 spiro atoms. The maximum Gasteiger partial charge on any atom is 0.169 e. The summed E-state index contributed by atoms with van der Waals surface area (Å²) < 4.78 is 14.4. The molecule has 108 valence electrons. The fourth-order valence-electron chi connectivity index (χ4n) is 2.04. The van der Waals surface area contributed by atoms with Gasteiger partial charge in [0.25, 0.3) is 0 Å². The molecule has 0 saturated carbocycles. The highest BCUT2D eigenvalue weighted by Crippen LogP contribution is 2.37. The normalized spacial score (nSPS) is 11.1. The summed E-state index contributed by atoms with van der Waals surface area (Å²) >= 11 is 7.53. The Morgan fingerprint density at radius 2 is 2.05 bits per heavy atom. The van der Waals surface area contributed by atoms with Gasteiger partial charge in [-0.2, -0.15) is 0 Å². The number of rotatable bonds is 4. The van der Waals surface area contributed by atoms with Crippen molar-refractivity contribution in [2.24, 2.45) is 0 Å².